The van der Waals surface area contributed by atoms with Gasteiger partial charge >= 0.3 is 6.03 Å². The average Bonchev–Trinajstić information content (AvgIpc) is 2.86. The number of anilines is 1. The summed E-state index contributed by atoms with van der Waals surface area (Å²) >= 11 is 6.40. The number of carbonyl (C=O) groups excluding carboxylic acids is 1. The number of carbonyl (C=O) groups is 1. The van der Waals surface area contributed by atoms with Crippen LogP contribution in [-0.2, 0) is 0 Å². The molecule has 110 valence electrons. The van der Waals surface area contributed by atoms with Crippen LogP contribution in [0.3, 0.4) is 0 Å². The fourth-order valence-corrected chi connectivity index (χ4v) is 2.43. The van der Waals surface area contributed by atoms with Gasteiger partial charge in [-0.1, -0.05) is 60.1 Å². The summed E-state index contributed by atoms with van der Waals surface area (Å²) in [7, 11) is 0. The molecule has 2 aromatic carbocycles. The number of urea groups is 1. The molecule has 0 saturated heterocycles. The molecule has 0 fully saturated rings. The zero-order chi connectivity index (χ0) is 15.5. The van der Waals surface area contributed by atoms with Gasteiger partial charge in [-0.2, -0.15) is 5.10 Å². The zero-order valence-corrected chi connectivity index (χ0v) is 12.3. The van der Waals surface area contributed by atoms with E-state index in [0.717, 1.165) is 11.3 Å². The maximum Gasteiger partial charge on any atom is 0.317 e. The molecule has 0 spiro atoms. The lowest BCUT2D eigenvalue weighted by molar-refractivity contribution is 0.259. The van der Waals surface area contributed by atoms with Gasteiger partial charge in [-0.25, -0.2) is 9.48 Å². The van der Waals surface area contributed by atoms with Crippen LogP contribution in [-0.4, -0.2) is 15.8 Å². The van der Waals surface area contributed by atoms with Crippen molar-refractivity contribution in [3.63, 3.8) is 0 Å². The summed E-state index contributed by atoms with van der Waals surface area (Å²) in [5, 5.41) is 7.40. The summed E-state index contributed by atoms with van der Waals surface area (Å²) in [6.07, 6.45) is 0. The van der Waals surface area contributed by atoms with E-state index in [1.807, 2.05) is 60.7 Å². The minimum atomic E-state index is -0.696. The van der Waals surface area contributed by atoms with Crippen molar-refractivity contribution in [2.24, 2.45) is 5.73 Å². The third-order valence-electron chi connectivity index (χ3n) is 3.12. The van der Waals surface area contributed by atoms with Crippen LogP contribution in [0, 0.1) is 0 Å². The molecule has 0 saturated carbocycles. The van der Waals surface area contributed by atoms with Crippen molar-refractivity contribution in [3.8, 4) is 16.9 Å². The number of nitrogens with one attached hydrogen (secondary N) is 1. The van der Waals surface area contributed by atoms with Gasteiger partial charge < -0.3 is 5.73 Å². The highest BCUT2D eigenvalue weighted by Gasteiger charge is 2.19. The highest BCUT2D eigenvalue weighted by molar-refractivity contribution is 6.36. The van der Waals surface area contributed by atoms with Gasteiger partial charge in [0.05, 0.1) is 5.69 Å². The predicted molar refractivity (Wildman–Crippen MR) is 87.2 cm³/mol. The molecule has 1 heterocycles. The second-order valence-corrected chi connectivity index (χ2v) is 4.99. The average molecular weight is 313 g/mol. The third-order valence-corrected chi connectivity index (χ3v) is 3.48. The standard InChI is InChI=1S/C16H13ClN4O/c17-13-14(11-7-3-1-4-8-11)20-21(15(13)19-16(18)22)12-9-5-2-6-10-12/h1-10H,(H3,18,19,22). The number of hydrogen-bond acceptors (Lipinski definition) is 2. The SMILES string of the molecule is NC(=O)Nc1c(Cl)c(-c2ccccc2)nn1-c1ccccc1. The molecule has 6 heteroatoms. The Balaban J connectivity index is 2.19. The van der Waals surface area contributed by atoms with Crippen molar-refractivity contribution in [2.45, 2.75) is 0 Å². The number of amides is 2. The van der Waals surface area contributed by atoms with Gasteiger partial charge in [0.15, 0.2) is 5.82 Å². The summed E-state index contributed by atoms with van der Waals surface area (Å²) in [4.78, 5) is 11.3. The van der Waals surface area contributed by atoms with E-state index in [1.54, 1.807) is 4.68 Å². The van der Waals surface area contributed by atoms with Crippen molar-refractivity contribution in [3.05, 3.63) is 65.7 Å². The lowest BCUT2D eigenvalue weighted by Gasteiger charge is -2.07. The molecule has 0 atom stereocenters. The van der Waals surface area contributed by atoms with Gasteiger partial charge in [0.1, 0.15) is 10.7 Å². The summed E-state index contributed by atoms with van der Waals surface area (Å²) in [6.45, 7) is 0. The number of hydrogen-bond donors (Lipinski definition) is 2. The van der Waals surface area contributed by atoms with Crippen molar-refractivity contribution in [1.82, 2.24) is 9.78 Å². The van der Waals surface area contributed by atoms with Crippen molar-refractivity contribution >= 4 is 23.4 Å². The Morgan fingerprint density at radius 1 is 1.05 bits per heavy atom. The van der Waals surface area contributed by atoms with Crippen LogP contribution in [0.1, 0.15) is 0 Å². The Bertz CT molecular complexity index is 800. The largest absolute Gasteiger partial charge is 0.351 e. The Labute approximate surface area is 132 Å². The molecule has 3 rings (SSSR count). The number of primary amides is 1. The van der Waals surface area contributed by atoms with Crippen LogP contribution < -0.4 is 11.1 Å². The highest BCUT2D eigenvalue weighted by atomic mass is 35.5. The van der Waals surface area contributed by atoms with E-state index in [-0.39, 0.29) is 0 Å². The van der Waals surface area contributed by atoms with Gasteiger partial charge in [-0.3, -0.25) is 5.32 Å². The van der Waals surface area contributed by atoms with E-state index >= 15 is 0 Å². The minimum absolute atomic E-state index is 0.342. The number of para-hydroxylation sites is 1. The molecule has 22 heavy (non-hydrogen) atoms. The second kappa shape index (κ2) is 5.91. The lowest BCUT2D eigenvalue weighted by Crippen LogP contribution is -2.21. The number of nitrogens with two attached hydrogens (primary N) is 1. The molecule has 0 radical (unpaired) electrons. The van der Waals surface area contributed by atoms with Crippen molar-refractivity contribution < 1.29 is 4.79 Å². The Morgan fingerprint density at radius 3 is 2.23 bits per heavy atom. The van der Waals surface area contributed by atoms with Crippen LogP contribution in [0.5, 0.6) is 0 Å². The summed E-state index contributed by atoms with van der Waals surface area (Å²) in [6, 6.07) is 18.2. The molecule has 0 aliphatic carbocycles. The van der Waals surface area contributed by atoms with Crippen molar-refractivity contribution in [1.29, 1.82) is 0 Å². The summed E-state index contributed by atoms with van der Waals surface area (Å²) < 4.78 is 1.56. The minimum Gasteiger partial charge on any atom is -0.351 e. The quantitative estimate of drug-likeness (QED) is 0.774. The van der Waals surface area contributed by atoms with E-state index < -0.39 is 6.03 Å². The first-order valence-corrected chi connectivity index (χ1v) is 7.00. The first kappa shape index (κ1) is 14.2. The molecule has 5 nitrogen and oxygen atoms in total. The van der Waals surface area contributed by atoms with Crippen molar-refractivity contribution in [2.75, 3.05) is 5.32 Å². The molecule has 3 aromatic rings. The van der Waals surface area contributed by atoms with Gasteiger partial charge in [-0.15, -0.1) is 0 Å². The number of benzene rings is 2. The maximum atomic E-state index is 11.3. The van der Waals surface area contributed by atoms with Gasteiger partial charge in [-0.05, 0) is 12.1 Å². The monoisotopic (exact) mass is 312 g/mol. The van der Waals surface area contributed by atoms with Crippen LogP contribution >= 0.6 is 11.6 Å². The van der Waals surface area contributed by atoms with Gasteiger partial charge in [0.25, 0.3) is 0 Å². The van der Waals surface area contributed by atoms with Crippen LogP contribution in [0.15, 0.2) is 60.7 Å². The number of halogens is 1. The molecule has 0 bridgehead atoms. The fourth-order valence-electron chi connectivity index (χ4n) is 2.16. The molecule has 3 N–H and O–H groups in total. The zero-order valence-electron chi connectivity index (χ0n) is 11.5. The molecule has 1 aromatic heterocycles. The third kappa shape index (κ3) is 2.66. The summed E-state index contributed by atoms with van der Waals surface area (Å²) in [5.41, 5.74) is 7.45. The predicted octanol–water partition coefficient (Wildman–Crippen LogP) is 3.68. The first-order chi connectivity index (χ1) is 10.7. The normalized spacial score (nSPS) is 10.4. The molecular weight excluding hydrogens is 300 g/mol. The van der Waals surface area contributed by atoms with E-state index in [4.69, 9.17) is 17.3 Å². The molecule has 0 aliphatic heterocycles. The van der Waals surface area contributed by atoms with Gasteiger partial charge in [0, 0.05) is 5.56 Å². The maximum absolute atomic E-state index is 11.3. The summed E-state index contributed by atoms with van der Waals surface area (Å²) in [5.74, 6) is 0.346. The van der Waals surface area contributed by atoms with Gasteiger partial charge in [0.2, 0.25) is 0 Å². The van der Waals surface area contributed by atoms with E-state index in [1.165, 1.54) is 0 Å². The lowest BCUT2D eigenvalue weighted by atomic mass is 10.1. The van der Waals surface area contributed by atoms with E-state index in [2.05, 4.69) is 10.4 Å². The second-order valence-electron chi connectivity index (χ2n) is 4.61. The molecule has 0 aliphatic rings. The van der Waals surface area contributed by atoms with E-state index in [0.29, 0.717) is 16.5 Å². The Kier molecular flexibility index (Phi) is 3.80. The van der Waals surface area contributed by atoms with Crippen LogP contribution in [0.2, 0.25) is 5.02 Å². The molecular formula is C16H13ClN4O. The van der Waals surface area contributed by atoms with Crippen LogP contribution in [0.4, 0.5) is 10.6 Å². The number of rotatable bonds is 3. The Morgan fingerprint density at radius 2 is 1.64 bits per heavy atom. The highest BCUT2D eigenvalue weighted by Crippen LogP contribution is 2.35. The fraction of sp³-hybridized carbons (Fsp3) is 0. The molecule has 2 amide bonds. The first-order valence-electron chi connectivity index (χ1n) is 6.62. The Hall–Kier alpha value is -2.79. The smallest absolute Gasteiger partial charge is 0.317 e. The number of aromatic nitrogens is 2. The molecule has 0 unspecified atom stereocenters. The number of nitrogens with zero attached hydrogens (tertiary/aromatic N) is 2. The van der Waals surface area contributed by atoms with Crippen LogP contribution in [0.25, 0.3) is 16.9 Å². The topological polar surface area (TPSA) is 72.9 Å². The van der Waals surface area contributed by atoms with E-state index in [9.17, 15) is 4.79 Å².